The van der Waals surface area contributed by atoms with Gasteiger partial charge in [0.15, 0.2) is 5.78 Å². The summed E-state index contributed by atoms with van der Waals surface area (Å²) < 4.78 is 0. The quantitative estimate of drug-likeness (QED) is 0.524. The highest BCUT2D eigenvalue weighted by molar-refractivity contribution is 6.04. The minimum Gasteiger partial charge on any atom is -0.289 e. The van der Waals surface area contributed by atoms with E-state index < -0.39 is 0 Å². The van der Waals surface area contributed by atoms with Crippen molar-refractivity contribution in [2.45, 2.75) is 33.1 Å². The fourth-order valence-electron chi connectivity index (χ4n) is 1.46. The van der Waals surface area contributed by atoms with Gasteiger partial charge in [-0.3, -0.25) is 4.79 Å². The van der Waals surface area contributed by atoms with Gasteiger partial charge in [0.25, 0.3) is 0 Å². The van der Waals surface area contributed by atoms with E-state index in [1.165, 1.54) is 18.4 Å². The highest BCUT2D eigenvalue weighted by Crippen LogP contribution is 2.08. The minimum absolute atomic E-state index is 0.0829. The Morgan fingerprint density at radius 1 is 1.27 bits per heavy atom. The predicted molar refractivity (Wildman–Crippen MR) is 64.2 cm³/mol. The van der Waals surface area contributed by atoms with E-state index in [4.69, 9.17) is 0 Å². The molecule has 0 aromatic heterocycles. The average Bonchev–Trinajstić information content (AvgIpc) is 2.27. The number of hydrogen-bond donors (Lipinski definition) is 0. The number of carbonyl (C=O) groups excluding carboxylic acids is 1. The molecule has 0 heterocycles. The summed E-state index contributed by atoms with van der Waals surface area (Å²) >= 11 is 0. The Bertz CT molecular complexity index is 333. The second-order valence-corrected chi connectivity index (χ2v) is 3.66. The molecule has 0 aliphatic carbocycles. The molecule has 0 aliphatic heterocycles. The van der Waals surface area contributed by atoms with Crippen LogP contribution in [-0.4, -0.2) is 5.78 Å². The largest absolute Gasteiger partial charge is 0.289 e. The van der Waals surface area contributed by atoms with Gasteiger partial charge in [-0.05, 0) is 31.4 Å². The van der Waals surface area contributed by atoms with Crippen molar-refractivity contribution in [1.82, 2.24) is 0 Å². The van der Waals surface area contributed by atoms with Crippen LogP contribution in [0.3, 0.4) is 0 Å². The third kappa shape index (κ3) is 3.70. The van der Waals surface area contributed by atoms with Crippen LogP contribution in [0.5, 0.6) is 0 Å². The third-order valence-electron chi connectivity index (χ3n) is 2.38. The molecule has 0 saturated carbocycles. The molecule has 0 radical (unpaired) electrons. The first-order chi connectivity index (χ1) is 7.27. The Hall–Kier alpha value is -1.37. The normalized spacial score (nSPS) is 10.8. The lowest BCUT2D eigenvalue weighted by Crippen LogP contribution is -1.94. The van der Waals surface area contributed by atoms with Crippen molar-refractivity contribution < 1.29 is 4.79 Å². The van der Waals surface area contributed by atoms with E-state index in [-0.39, 0.29) is 5.78 Å². The van der Waals surface area contributed by atoms with Crippen molar-refractivity contribution in [3.05, 3.63) is 47.5 Å². The van der Waals surface area contributed by atoms with Gasteiger partial charge in [-0.15, -0.1) is 0 Å². The average molecular weight is 202 g/mol. The third-order valence-corrected chi connectivity index (χ3v) is 2.38. The molecule has 0 bridgehead atoms. The zero-order valence-electron chi connectivity index (χ0n) is 9.49. The van der Waals surface area contributed by atoms with E-state index >= 15 is 0 Å². The van der Waals surface area contributed by atoms with E-state index in [1.807, 2.05) is 31.2 Å². The van der Waals surface area contributed by atoms with Crippen LogP contribution in [0, 0.1) is 0 Å². The maximum atomic E-state index is 11.5. The van der Waals surface area contributed by atoms with E-state index in [0.717, 1.165) is 12.0 Å². The second kappa shape index (κ2) is 6.18. The summed E-state index contributed by atoms with van der Waals surface area (Å²) in [6.45, 7) is 4.04. The monoisotopic (exact) mass is 202 g/mol. The van der Waals surface area contributed by atoms with Crippen LogP contribution in [-0.2, 0) is 6.42 Å². The molecule has 1 rings (SSSR count). The highest BCUT2D eigenvalue weighted by Gasteiger charge is 2.00. The molecule has 1 heteroatoms. The second-order valence-electron chi connectivity index (χ2n) is 3.66. The van der Waals surface area contributed by atoms with Crippen LogP contribution >= 0.6 is 0 Å². The fraction of sp³-hybridized carbons (Fsp3) is 0.357. The topological polar surface area (TPSA) is 17.1 Å². The van der Waals surface area contributed by atoms with E-state index in [0.29, 0.717) is 0 Å². The van der Waals surface area contributed by atoms with Gasteiger partial charge in [0.1, 0.15) is 0 Å². The SMILES string of the molecule is CC=CC(=O)c1ccc(CCCC)cc1. The summed E-state index contributed by atoms with van der Waals surface area (Å²) in [4.78, 5) is 11.5. The Labute approximate surface area is 91.8 Å². The van der Waals surface area contributed by atoms with Gasteiger partial charge >= 0.3 is 0 Å². The van der Waals surface area contributed by atoms with Crippen molar-refractivity contribution in [3.8, 4) is 0 Å². The highest BCUT2D eigenvalue weighted by atomic mass is 16.1. The van der Waals surface area contributed by atoms with Crippen LogP contribution in [0.4, 0.5) is 0 Å². The van der Waals surface area contributed by atoms with Crippen molar-refractivity contribution >= 4 is 5.78 Å². The standard InChI is InChI=1S/C14H18O/c1-3-5-7-12-8-10-13(11-9-12)14(15)6-4-2/h4,6,8-11H,3,5,7H2,1-2H3. The molecular weight excluding hydrogens is 184 g/mol. The van der Waals surface area contributed by atoms with E-state index in [1.54, 1.807) is 12.2 Å². The van der Waals surface area contributed by atoms with Gasteiger partial charge in [-0.1, -0.05) is 43.7 Å². The molecule has 0 atom stereocenters. The van der Waals surface area contributed by atoms with E-state index in [2.05, 4.69) is 6.92 Å². The number of carbonyl (C=O) groups is 1. The predicted octanol–water partition coefficient (Wildman–Crippen LogP) is 3.79. The number of benzene rings is 1. The number of hydrogen-bond acceptors (Lipinski definition) is 1. The van der Waals surface area contributed by atoms with Gasteiger partial charge in [-0.2, -0.15) is 0 Å². The molecule has 15 heavy (non-hydrogen) atoms. The van der Waals surface area contributed by atoms with Crippen molar-refractivity contribution in [1.29, 1.82) is 0 Å². The maximum absolute atomic E-state index is 11.5. The summed E-state index contributed by atoms with van der Waals surface area (Å²) in [5, 5.41) is 0. The lowest BCUT2D eigenvalue weighted by Gasteiger charge is -2.00. The molecule has 0 amide bonds. The first-order valence-electron chi connectivity index (χ1n) is 5.54. The van der Waals surface area contributed by atoms with Crippen LogP contribution in [0.2, 0.25) is 0 Å². The maximum Gasteiger partial charge on any atom is 0.185 e. The van der Waals surface area contributed by atoms with Crippen LogP contribution in [0.15, 0.2) is 36.4 Å². The molecule has 0 aliphatic rings. The lowest BCUT2D eigenvalue weighted by atomic mass is 10.0. The Balaban J connectivity index is 2.67. The first-order valence-corrected chi connectivity index (χ1v) is 5.54. The summed E-state index contributed by atoms with van der Waals surface area (Å²) in [7, 11) is 0. The smallest absolute Gasteiger partial charge is 0.185 e. The van der Waals surface area contributed by atoms with E-state index in [9.17, 15) is 4.79 Å². The first kappa shape index (κ1) is 11.7. The molecule has 0 saturated heterocycles. The fourth-order valence-corrected chi connectivity index (χ4v) is 1.46. The molecule has 0 fully saturated rings. The molecule has 0 spiro atoms. The summed E-state index contributed by atoms with van der Waals surface area (Å²) in [6, 6.07) is 7.92. The summed E-state index contributed by atoms with van der Waals surface area (Å²) in [5.41, 5.74) is 2.09. The zero-order valence-corrected chi connectivity index (χ0v) is 9.49. The molecule has 1 nitrogen and oxygen atoms in total. The minimum atomic E-state index is 0.0829. The number of rotatable bonds is 5. The van der Waals surface area contributed by atoms with Crippen LogP contribution in [0.1, 0.15) is 42.6 Å². The Morgan fingerprint density at radius 2 is 1.93 bits per heavy atom. The number of allylic oxidation sites excluding steroid dienone is 2. The number of ketones is 1. The van der Waals surface area contributed by atoms with Gasteiger partial charge in [0.2, 0.25) is 0 Å². The summed E-state index contributed by atoms with van der Waals surface area (Å²) in [5.74, 6) is 0.0829. The lowest BCUT2D eigenvalue weighted by molar-refractivity contribution is 0.104. The molecule has 1 aromatic carbocycles. The molecule has 1 aromatic rings. The molecule has 0 N–H and O–H groups in total. The van der Waals surface area contributed by atoms with Crippen molar-refractivity contribution in [2.75, 3.05) is 0 Å². The molecule has 80 valence electrons. The molecular formula is C14H18O. The number of unbranched alkanes of at least 4 members (excludes halogenated alkanes) is 1. The van der Waals surface area contributed by atoms with Gasteiger partial charge in [-0.25, -0.2) is 0 Å². The Kier molecular flexibility index (Phi) is 4.82. The van der Waals surface area contributed by atoms with Crippen LogP contribution in [0.25, 0.3) is 0 Å². The summed E-state index contributed by atoms with van der Waals surface area (Å²) in [6.07, 6.45) is 6.89. The molecule has 0 unspecified atom stereocenters. The van der Waals surface area contributed by atoms with Crippen molar-refractivity contribution in [2.24, 2.45) is 0 Å². The van der Waals surface area contributed by atoms with Gasteiger partial charge in [0, 0.05) is 5.56 Å². The van der Waals surface area contributed by atoms with Gasteiger partial charge < -0.3 is 0 Å². The number of aryl methyl sites for hydroxylation is 1. The zero-order chi connectivity index (χ0) is 11.1. The van der Waals surface area contributed by atoms with Gasteiger partial charge in [0.05, 0.1) is 0 Å². The van der Waals surface area contributed by atoms with Crippen LogP contribution < -0.4 is 0 Å². The van der Waals surface area contributed by atoms with Crippen molar-refractivity contribution in [3.63, 3.8) is 0 Å². The Morgan fingerprint density at radius 3 is 2.47 bits per heavy atom.